The Hall–Kier alpha value is -2.13. The number of nitriles is 1. The van der Waals surface area contributed by atoms with Crippen LogP contribution in [-0.4, -0.2) is 16.5 Å². The third-order valence-corrected chi connectivity index (χ3v) is 3.42. The second-order valence-corrected chi connectivity index (χ2v) is 6.29. The summed E-state index contributed by atoms with van der Waals surface area (Å²) in [6, 6.07) is 2.01. The summed E-state index contributed by atoms with van der Waals surface area (Å²) < 4.78 is 5.67. The van der Waals surface area contributed by atoms with Crippen molar-refractivity contribution in [3.05, 3.63) is 28.9 Å². The summed E-state index contributed by atoms with van der Waals surface area (Å²) in [5.74, 6) is 1.44. The van der Waals surface area contributed by atoms with Gasteiger partial charge in [-0.05, 0) is 6.08 Å². The predicted molar refractivity (Wildman–Crippen MR) is 80.3 cm³/mol. The molecule has 2 aromatic heterocycles. The van der Waals surface area contributed by atoms with Gasteiger partial charge in [-0.15, -0.1) is 0 Å². The van der Waals surface area contributed by atoms with Crippen molar-refractivity contribution in [2.24, 2.45) is 0 Å². The van der Waals surface area contributed by atoms with Gasteiger partial charge in [-0.1, -0.05) is 32.1 Å². The smallest absolute Gasteiger partial charge is 0.218 e. The number of hydrogen-bond donors (Lipinski definition) is 1. The lowest BCUT2D eigenvalue weighted by Crippen LogP contribution is -2.09. The molecule has 2 aromatic rings. The second-order valence-electron chi connectivity index (χ2n) is 5.23. The van der Waals surface area contributed by atoms with Gasteiger partial charge in [0.15, 0.2) is 5.13 Å². The normalized spacial score (nSPS) is 11.7. The molecule has 0 aliphatic rings. The van der Waals surface area contributed by atoms with Gasteiger partial charge in [0.2, 0.25) is 5.89 Å². The maximum absolute atomic E-state index is 8.48. The average molecular weight is 288 g/mol. The second kappa shape index (κ2) is 5.88. The number of nitrogens with one attached hydrogen (secondary N) is 1. The van der Waals surface area contributed by atoms with Crippen LogP contribution < -0.4 is 5.32 Å². The number of aromatic nitrogens is 2. The summed E-state index contributed by atoms with van der Waals surface area (Å²) in [7, 11) is 0. The first-order chi connectivity index (χ1) is 9.49. The number of thiazole rings is 1. The zero-order valence-electron chi connectivity index (χ0n) is 11.7. The van der Waals surface area contributed by atoms with Crippen LogP contribution in [0.5, 0.6) is 0 Å². The van der Waals surface area contributed by atoms with Crippen molar-refractivity contribution in [1.82, 2.24) is 9.97 Å². The first-order valence-corrected chi connectivity index (χ1v) is 7.02. The molecular weight excluding hydrogens is 272 g/mol. The Balaban J connectivity index is 2.04. The highest BCUT2D eigenvalue weighted by molar-refractivity contribution is 7.16. The van der Waals surface area contributed by atoms with Crippen molar-refractivity contribution in [3.8, 4) is 6.07 Å². The minimum atomic E-state index is -0.0437. The fraction of sp³-hybridized carbons (Fsp3) is 0.357. The molecule has 0 atom stereocenters. The molecule has 20 heavy (non-hydrogen) atoms. The Labute approximate surface area is 122 Å². The summed E-state index contributed by atoms with van der Waals surface area (Å²) in [6.45, 7) is 6.50. The Morgan fingerprint density at radius 1 is 1.35 bits per heavy atom. The van der Waals surface area contributed by atoms with Gasteiger partial charge in [0.1, 0.15) is 12.3 Å². The molecule has 5 nitrogen and oxygen atoms in total. The summed E-state index contributed by atoms with van der Waals surface area (Å²) in [6.07, 6.45) is 7.21. The van der Waals surface area contributed by atoms with E-state index >= 15 is 0 Å². The van der Waals surface area contributed by atoms with Crippen LogP contribution in [0.25, 0.3) is 12.2 Å². The van der Waals surface area contributed by atoms with Gasteiger partial charge in [0, 0.05) is 22.6 Å². The molecule has 0 unspecified atom stereocenters. The van der Waals surface area contributed by atoms with Crippen molar-refractivity contribution in [3.63, 3.8) is 0 Å². The maximum Gasteiger partial charge on any atom is 0.218 e. The molecular formula is C14H16N4OS. The van der Waals surface area contributed by atoms with Crippen LogP contribution in [0, 0.1) is 11.3 Å². The fourth-order valence-electron chi connectivity index (χ4n) is 1.43. The highest BCUT2D eigenvalue weighted by Gasteiger charge is 2.18. The molecule has 104 valence electrons. The molecule has 0 saturated carbocycles. The molecule has 0 aliphatic carbocycles. The van der Waals surface area contributed by atoms with Crippen molar-refractivity contribution < 1.29 is 4.42 Å². The van der Waals surface area contributed by atoms with Crippen LogP contribution >= 0.6 is 11.3 Å². The average Bonchev–Trinajstić information content (AvgIpc) is 3.02. The van der Waals surface area contributed by atoms with E-state index in [0.29, 0.717) is 5.89 Å². The van der Waals surface area contributed by atoms with E-state index in [0.717, 1.165) is 15.8 Å². The van der Waals surface area contributed by atoms with Crippen LogP contribution in [0.4, 0.5) is 5.13 Å². The Morgan fingerprint density at radius 2 is 2.15 bits per heavy atom. The number of anilines is 1. The lowest BCUT2D eigenvalue weighted by Gasteiger charge is -2.12. The highest BCUT2D eigenvalue weighted by atomic mass is 32.1. The van der Waals surface area contributed by atoms with Crippen molar-refractivity contribution in [2.75, 3.05) is 11.9 Å². The lowest BCUT2D eigenvalue weighted by atomic mass is 9.94. The highest BCUT2D eigenvalue weighted by Crippen LogP contribution is 2.24. The molecule has 0 aliphatic heterocycles. The molecule has 0 radical (unpaired) electrons. The van der Waals surface area contributed by atoms with E-state index < -0.39 is 0 Å². The quantitative estimate of drug-likeness (QED) is 0.871. The van der Waals surface area contributed by atoms with Crippen LogP contribution in [-0.2, 0) is 5.41 Å². The van der Waals surface area contributed by atoms with Crippen molar-refractivity contribution in [1.29, 1.82) is 5.26 Å². The molecule has 2 rings (SSSR count). The van der Waals surface area contributed by atoms with E-state index in [1.807, 2.05) is 18.2 Å². The number of rotatable bonds is 4. The Morgan fingerprint density at radius 3 is 2.80 bits per heavy atom. The monoisotopic (exact) mass is 288 g/mol. The minimum absolute atomic E-state index is 0.0437. The molecule has 0 amide bonds. The van der Waals surface area contributed by atoms with Crippen molar-refractivity contribution in [2.45, 2.75) is 26.2 Å². The van der Waals surface area contributed by atoms with E-state index in [2.05, 4.69) is 36.1 Å². The molecule has 0 fully saturated rings. The third kappa shape index (κ3) is 3.68. The summed E-state index contributed by atoms with van der Waals surface area (Å²) >= 11 is 1.47. The molecule has 2 heterocycles. The summed E-state index contributed by atoms with van der Waals surface area (Å²) in [5.41, 5.74) is -0.0437. The van der Waals surface area contributed by atoms with Gasteiger partial charge >= 0.3 is 0 Å². The first kappa shape index (κ1) is 14.3. The van der Waals surface area contributed by atoms with Crippen LogP contribution in [0.15, 0.2) is 16.8 Å². The fourth-order valence-corrected chi connectivity index (χ4v) is 2.14. The van der Waals surface area contributed by atoms with Gasteiger partial charge in [-0.25, -0.2) is 9.97 Å². The van der Waals surface area contributed by atoms with E-state index in [9.17, 15) is 0 Å². The van der Waals surface area contributed by atoms with Gasteiger partial charge in [-0.2, -0.15) is 5.26 Å². The van der Waals surface area contributed by atoms with Crippen LogP contribution in [0.3, 0.4) is 0 Å². The summed E-state index contributed by atoms with van der Waals surface area (Å²) in [4.78, 5) is 9.36. The van der Waals surface area contributed by atoms with E-state index in [4.69, 9.17) is 9.68 Å². The third-order valence-electron chi connectivity index (χ3n) is 2.50. The topological polar surface area (TPSA) is 74.7 Å². The number of hydrogen-bond acceptors (Lipinski definition) is 6. The Kier molecular flexibility index (Phi) is 4.20. The molecule has 1 N–H and O–H groups in total. The van der Waals surface area contributed by atoms with Crippen LogP contribution in [0.1, 0.15) is 37.3 Å². The number of nitrogens with zero attached hydrogens (tertiary/aromatic N) is 3. The van der Waals surface area contributed by atoms with E-state index in [-0.39, 0.29) is 12.0 Å². The number of oxazole rings is 1. The van der Waals surface area contributed by atoms with Gasteiger partial charge in [0.05, 0.1) is 12.3 Å². The van der Waals surface area contributed by atoms with Crippen molar-refractivity contribution >= 4 is 28.6 Å². The largest absolute Gasteiger partial charge is 0.441 e. The summed E-state index contributed by atoms with van der Waals surface area (Å²) in [5, 5.41) is 12.1. The zero-order chi connectivity index (χ0) is 14.6. The predicted octanol–water partition coefficient (Wildman–Crippen LogP) is 3.53. The van der Waals surface area contributed by atoms with E-state index in [1.165, 1.54) is 11.3 Å². The Bertz CT molecular complexity index is 643. The molecule has 0 spiro atoms. The molecule has 0 bridgehead atoms. The van der Waals surface area contributed by atoms with Gasteiger partial charge < -0.3 is 9.73 Å². The van der Waals surface area contributed by atoms with Gasteiger partial charge in [0.25, 0.3) is 0 Å². The zero-order valence-corrected chi connectivity index (χ0v) is 12.5. The molecule has 0 aromatic carbocycles. The minimum Gasteiger partial charge on any atom is -0.441 e. The van der Waals surface area contributed by atoms with Gasteiger partial charge in [-0.3, -0.25) is 0 Å². The molecule has 0 saturated heterocycles. The lowest BCUT2D eigenvalue weighted by molar-refractivity contribution is 0.403. The SMILES string of the molecule is CC(C)(C)c1cnc(/C=C/c2cnc(NCC#N)s2)o1. The van der Waals surface area contributed by atoms with E-state index in [1.54, 1.807) is 12.4 Å². The maximum atomic E-state index is 8.48. The standard InChI is InChI=1S/C14H16N4OS/c1-14(2,3)11-9-17-12(19-11)5-4-10-8-18-13(20-10)16-7-6-15/h4-5,8-9H,7H2,1-3H3,(H,16,18)/b5-4+. The molecule has 6 heteroatoms. The first-order valence-electron chi connectivity index (χ1n) is 6.20. The van der Waals surface area contributed by atoms with Crippen LogP contribution in [0.2, 0.25) is 0 Å².